The van der Waals surface area contributed by atoms with Crippen molar-refractivity contribution in [3.63, 3.8) is 0 Å². The predicted octanol–water partition coefficient (Wildman–Crippen LogP) is 2.93. The Balaban J connectivity index is 1.78. The molecule has 0 aliphatic carbocycles. The van der Waals surface area contributed by atoms with Crippen LogP contribution in [0.5, 0.6) is 11.5 Å². The summed E-state index contributed by atoms with van der Waals surface area (Å²) < 4.78 is 13.2. The third kappa shape index (κ3) is 3.68. The van der Waals surface area contributed by atoms with Crippen LogP contribution in [0.1, 0.15) is 36.6 Å². The van der Waals surface area contributed by atoms with Gasteiger partial charge in [-0.2, -0.15) is 9.61 Å². The smallest absolute Gasteiger partial charge is 0.205 e. The first-order valence-electron chi connectivity index (χ1n) is 9.93. The summed E-state index contributed by atoms with van der Waals surface area (Å²) in [5.41, 5.74) is 4.24. The molecular weight excluding hydrogens is 380 g/mol. The van der Waals surface area contributed by atoms with Crippen molar-refractivity contribution in [2.45, 2.75) is 33.6 Å². The summed E-state index contributed by atoms with van der Waals surface area (Å²) in [6, 6.07) is 4.00. The number of aryl methyl sites for hydroxylation is 2. The molecule has 0 atom stereocenters. The molecule has 0 unspecified atom stereocenters. The minimum absolute atomic E-state index is 0.565. The summed E-state index contributed by atoms with van der Waals surface area (Å²) in [5, 5.41) is 14.1. The fourth-order valence-electron chi connectivity index (χ4n) is 3.24. The van der Waals surface area contributed by atoms with Crippen molar-refractivity contribution in [1.29, 1.82) is 0 Å². The number of benzene rings is 1. The maximum absolute atomic E-state index is 5.90. The third-order valence-corrected chi connectivity index (χ3v) is 4.92. The monoisotopic (exact) mass is 404 g/mol. The van der Waals surface area contributed by atoms with Crippen LogP contribution in [-0.4, -0.2) is 43.5 Å². The van der Waals surface area contributed by atoms with E-state index >= 15 is 0 Å². The van der Waals surface area contributed by atoms with Gasteiger partial charge in [-0.1, -0.05) is 13.3 Å². The summed E-state index contributed by atoms with van der Waals surface area (Å²) in [6.45, 7) is 6.82. The van der Waals surface area contributed by atoms with Crippen LogP contribution in [0.3, 0.4) is 0 Å². The molecule has 0 aliphatic heterocycles. The minimum atomic E-state index is 0.565. The fraction of sp³-hybridized carbons (Fsp3) is 0.318. The maximum Gasteiger partial charge on any atom is 0.205 e. The number of nitrogens with zero attached hydrogens (tertiary/aromatic N) is 6. The number of unbranched alkanes of at least 4 members (excludes halogenated alkanes) is 1. The van der Waals surface area contributed by atoms with Crippen molar-refractivity contribution >= 4 is 11.7 Å². The molecule has 8 nitrogen and oxygen atoms in total. The average Bonchev–Trinajstić information content (AvgIpc) is 3.29. The number of aromatic nitrogens is 6. The highest BCUT2D eigenvalue weighted by molar-refractivity contribution is 5.65. The second-order valence-corrected chi connectivity index (χ2v) is 7.05. The Morgan fingerprint density at radius 2 is 1.97 bits per heavy atom. The van der Waals surface area contributed by atoms with Gasteiger partial charge in [-0.15, -0.1) is 10.2 Å². The van der Waals surface area contributed by atoms with Gasteiger partial charge in [0.05, 0.1) is 25.6 Å². The van der Waals surface area contributed by atoms with E-state index in [4.69, 9.17) is 9.47 Å². The Morgan fingerprint density at radius 1 is 1.10 bits per heavy atom. The number of fused-ring (bicyclic) bond motifs is 1. The van der Waals surface area contributed by atoms with E-state index in [1.807, 2.05) is 19.1 Å². The zero-order chi connectivity index (χ0) is 21.1. The number of rotatable bonds is 7. The summed E-state index contributed by atoms with van der Waals surface area (Å²) in [7, 11) is 1.65. The lowest BCUT2D eigenvalue weighted by molar-refractivity contribution is 0.288. The van der Waals surface area contributed by atoms with E-state index in [9.17, 15) is 0 Å². The lowest BCUT2D eigenvalue weighted by Crippen LogP contribution is -2.05. The van der Waals surface area contributed by atoms with Crippen LogP contribution >= 0.6 is 0 Å². The largest absolute Gasteiger partial charge is 0.493 e. The van der Waals surface area contributed by atoms with Gasteiger partial charge in [-0.3, -0.25) is 4.98 Å². The zero-order valence-electron chi connectivity index (χ0n) is 17.6. The van der Waals surface area contributed by atoms with Gasteiger partial charge < -0.3 is 9.47 Å². The molecule has 0 amide bonds. The van der Waals surface area contributed by atoms with Crippen LogP contribution in [0.2, 0.25) is 0 Å². The zero-order valence-corrected chi connectivity index (χ0v) is 17.6. The molecule has 0 bridgehead atoms. The summed E-state index contributed by atoms with van der Waals surface area (Å²) in [5.74, 6) is 2.03. The Morgan fingerprint density at radius 3 is 2.70 bits per heavy atom. The van der Waals surface area contributed by atoms with E-state index < -0.39 is 0 Å². The molecule has 4 aromatic rings. The van der Waals surface area contributed by atoms with E-state index in [0.717, 1.165) is 40.6 Å². The molecule has 0 saturated heterocycles. The van der Waals surface area contributed by atoms with E-state index in [0.29, 0.717) is 29.5 Å². The second-order valence-electron chi connectivity index (χ2n) is 7.05. The van der Waals surface area contributed by atoms with Gasteiger partial charge in [-0.25, -0.2) is 4.98 Å². The fourth-order valence-corrected chi connectivity index (χ4v) is 3.24. The van der Waals surface area contributed by atoms with E-state index in [1.54, 1.807) is 30.2 Å². The Labute approximate surface area is 174 Å². The average molecular weight is 404 g/mol. The SMILES string of the molecule is CCCCOc1cc(C)c(C=c2c(C)nn3c(-c4cnccn4)nnc23)cc1OC. The molecule has 1 aromatic carbocycles. The van der Waals surface area contributed by atoms with Crippen molar-refractivity contribution in [1.82, 2.24) is 29.8 Å². The first kappa shape index (κ1) is 19.8. The Bertz CT molecular complexity index is 1220. The lowest BCUT2D eigenvalue weighted by atomic mass is 10.1. The van der Waals surface area contributed by atoms with Crippen LogP contribution in [0.25, 0.3) is 23.2 Å². The van der Waals surface area contributed by atoms with Gasteiger partial charge in [0.1, 0.15) is 5.69 Å². The van der Waals surface area contributed by atoms with Crippen molar-refractivity contribution in [2.24, 2.45) is 0 Å². The lowest BCUT2D eigenvalue weighted by Gasteiger charge is -2.13. The molecule has 0 saturated carbocycles. The molecule has 8 heteroatoms. The summed E-state index contributed by atoms with van der Waals surface area (Å²) in [6.07, 6.45) is 9.04. The quantitative estimate of drug-likeness (QED) is 0.438. The van der Waals surface area contributed by atoms with Crippen LogP contribution < -0.4 is 14.7 Å². The first-order valence-corrected chi connectivity index (χ1v) is 9.93. The van der Waals surface area contributed by atoms with Crippen LogP contribution in [0.4, 0.5) is 0 Å². The maximum atomic E-state index is 5.90. The molecule has 0 N–H and O–H groups in total. The minimum Gasteiger partial charge on any atom is -0.493 e. The molecule has 0 spiro atoms. The summed E-state index contributed by atoms with van der Waals surface area (Å²) in [4.78, 5) is 8.41. The number of hydrogen-bond donors (Lipinski definition) is 0. The predicted molar refractivity (Wildman–Crippen MR) is 113 cm³/mol. The normalized spacial score (nSPS) is 11.9. The van der Waals surface area contributed by atoms with Crippen LogP contribution in [-0.2, 0) is 0 Å². The summed E-state index contributed by atoms with van der Waals surface area (Å²) >= 11 is 0. The van der Waals surface area contributed by atoms with Crippen molar-refractivity contribution in [3.05, 3.63) is 52.8 Å². The molecule has 30 heavy (non-hydrogen) atoms. The van der Waals surface area contributed by atoms with Gasteiger partial charge >= 0.3 is 0 Å². The van der Waals surface area contributed by atoms with Crippen LogP contribution in [0, 0.1) is 13.8 Å². The van der Waals surface area contributed by atoms with Gasteiger partial charge in [0.15, 0.2) is 17.1 Å². The molecule has 3 heterocycles. The first-order chi connectivity index (χ1) is 14.6. The molecule has 154 valence electrons. The number of hydrogen-bond acceptors (Lipinski definition) is 7. The van der Waals surface area contributed by atoms with Crippen molar-refractivity contribution in [2.75, 3.05) is 13.7 Å². The van der Waals surface area contributed by atoms with Crippen molar-refractivity contribution < 1.29 is 9.47 Å². The Kier molecular flexibility index (Phi) is 5.56. The Hall–Kier alpha value is -3.55. The van der Waals surface area contributed by atoms with Gasteiger partial charge in [0.2, 0.25) is 5.82 Å². The molecule has 4 rings (SSSR count). The highest BCUT2D eigenvalue weighted by atomic mass is 16.5. The molecule has 0 aliphatic rings. The van der Waals surface area contributed by atoms with E-state index in [2.05, 4.69) is 45.2 Å². The third-order valence-electron chi connectivity index (χ3n) is 4.92. The molecular formula is C22H24N6O2. The van der Waals surface area contributed by atoms with E-state index in [1.165, 1.54) is 0 Å². The van der Waals surface area contributed by atoms with Gasteiger partial charge in [0.25, 0.3) is 0 Å². The van der Waals surface area contributed by atoms with Gasteiger partial charge in [0, 0.05) is 17.6 Å². The number of methoxy groups -OCH3 is 1. The standard InChI is InChI=1S/C22H24N6O2/c1-5-6-9-30-20-10-14(2)16(12-19(20)29-4)11-17-15(3)27-28-21(17)25-26-22(28)18-13-23-7-8-24-18/h7-8,10-13H,5-6,9H2,1-4H3. The highest BCUT2D eigenvalue weighted by Gasteiger charge is 2.15. The van der Waals surface area contributed by atoms with Gasteiger partial charge in [-0.05, 0) is 49.6 Å². The number of ether oxygens (including phenoxy) is 2. The molecule has 0 radical (unpaired) electrons. The topological polar surface area (TPSA) is 87.3 Å². The molecule has 3 aromatic heterocycles. The van der Waals surface area contributed by atoms with Crippen molar-refractivity contribution in [3.8, 4) is 23.0 Å². The van der Waals surface area contributed by atoms with Crippen LogP contribution in [0.15, 0.2) is 30.7 Å². The second kappa shape index (κ2) is 8.44. The molecule has 0 fully saturated rings. The highest BCUT2D eigenvalue weighted by Crippen LogP contribution is 2.31. The van der Waals surface area contributed by atoms with E-state index in [-0.39, 0.29) is 0 Å².